The van der Waals surface area contributed by atoms with E-state index in [0.29, 0.717) is 37.8 Å². The van der Waals surface area contributed by atoms with Gasteiger partial charge >= 0.3 is 5.97 Å². The summed E-state index contributed by atoms with van der Waals surface area (Å²) in [6, 6.07) is 22.8. The zero-order chi connectivity index (χ0) is 29.6. The lowest BCUT2D eigenvalue weighted by Crippen LogP contribution is -2.40. The number of amides is 1. The van der Waals surface area contributed by atoms with Crippen LogP contribution in [0.4, 0.5) is 5.69 Å². The molecule has 1 aliphatic rings. The number of para-hydroxylation sites is 1. The molecule has 0 spiro atoms. The molecule has 10 heteroatoms. The standard InChI is InChI=1S/C32H29N3O6S/c1-4-40-27(36)19-41-25-14-10-21(11-15-25)18-26-31(38)35-29(22-12-16-24(39-3)17-13-22)28(20(2)33-32(35)42-26)30(37)34-23-8-6-5-7-9-23/h5-18,29H,4,19H2,1-3H3,(H,34,37)/b26-18+/t29-/m1/s1. The predicted molar refractivity (Wildman–Crippen MR) is 160 cm³/mol. The van der Waals surface area contributed by atoms with Crippen molar-refractivity contribution < 1.29 is 23.8 Å². The number of fused-ring (bicyclic) bond motifs is 1. The molecule has 42 heavy (non-hydrogen) atoms. The molecule has 9 nitrogen and oxygen atoms in total. The van der Waals surface area contributed by atoms with Crippen LogP contribution in [-0.4, -0.2) is 36.8 Å². The number of nitrogens with zero attached hydrogens (tertiary/aromatic N) is 2. The van der Waals surface area contributed by atoms with E-state index in [1.54, 1.807) is 80.1 Å². The van der Waals surface area contributed by atoms with Crippen LogP contribution in [0.3, 0.4) is 0 Å². The molecule has 5 rings (SSSR count). The summed E-state index contributed by atoms with van der Waals surface area (Å²) in [5, 5.41) is 2.95. The first-order valence-electron chi connectivity index (χ1n) is 13.3. The Kier molecular flexibility index (Phi) is 8.63. The van der Waals surface area contributed by atoms with Crippen LogP contribution in [0.2, 0.25) is 0 Å². The minimum atomic E-state index is -0.698. The molecule has 0 bridgehead atoms. The number of esters is 1. The van der Waals surface area contributed by atoms with E-state index in [1.165, 1.54) is 11.3 Å². The third-order valence-corrected chi connectivity index (χ3v) is 7.55. The van der Waals surface area contributed by atoms with Crippen molar-refractivity contribution in [1.82, 2.24) is 4.57 Å². The number of aromatic nitrogens is 1. The summed E-state index contributed by atoms with van der Waals surface area (Å²) in [5.41, 5.74) is 2.80. The van der Waals surface area contributed by atoms with Gasteiger partial charge in [0.25, 0.3) is 11.5 Å². The highest BCUT2D eigenvalue weighted by Crippen LogP contribution is 2.31. The first kappa shape index (κ1) is 28.6. The van der Waals surface area contributed by atoms with Gasteiger partial charge in [-0.05, 0) is 67.4 Å². The van der Waals surface area contributed by atoms with Gasteiger partial charge in [-0.1, -0.05) is 53.8 Å². The molecule has 1 amide bonds. The molecule has 0 fully saturated rings. The lowest BCUT2D eigenvalue weighted by molar-refractivity contribution is -0.145. The second kappa shape index (κ2) is 12.7. The molecule has 3 aromatic carbocycles. The summed E-state index contributed by atoms with van der Waals surface area (Å²) in [6.45, 7) is 3.62. The Balaban J connectivity index is 1.52. The smallest absolute Gasteiger partial charge is 0.344 e. The molecule has 1 aliphatic heterocycles. The van der Waals surface area contributed by atoms with Gasteiger partial charge in [-0.3, -0.25) is 14.2 Å². The number of carbonyl (C=O) groups excluding carboxylic acids is 2. The zero-order valence-corrected chi connectivity index (χ0v) is 24.1. The third kappa shape index (κ3) is 6.18. The van der Waals surface area contributed by atoms with Crippen LogP contribution in [0, 0.1) is 0 Å². The van der Waals surface area contributed by atoms with Gasteiger partial charge in [0.1, 0.15) is 11.5 Å². The lowest BCUT2D eigenvalue weighted by atomic mass is 9.95. The predicted octanol–water partition coefficient (Wildman–Crippen LogP) is 3.82. The van der Waals surface area contributed by atoms with Crippen LogP contribution >= 0.6 is 11.3 Å². The average Bonchev–Trinajstić information content (AvgIpc) is 3.30. The number of thiazole rings is 1. The van der Waals surface area contributed by atoms with Gasteiger partial charge in [0.15, 0.2) is 11.4 Å². The molecule has 0 saturated heterocycles. The van der Waals surface area contributed by atoms with Crippen LogP contribution < -0.4 is 29.7 Å². The summed E-state index contributed by atoms with van der Waals surface area (Å²) in [7, 11) is 1.58. The summed E-state index contributed by atoms with van der Waals surface area (Å²) in [4.78, 5) is 44.3. The van der Waals surface area contributed by atoms with Gasteiger partial charge in [-0.2, -0.15) is 0 Å². The fourth-order valence-corrected chi connectivity index (χ4v) is 5.64. The van der Waals surface area contributed by atoms with Crippen molar-refractivity contribution in [3.63, 3.8) is 0 Å². The zero-order valence-electron chi connectivity index (χ0n) is 23.3. The SMILES string of the molecule is CCOC(=O)COc1ccc(/C=c2/sc3n(c2=O)[C@H](c2ccc(OC)cc2)C(C(=O)Nc2ccccc2)=C(C)N=3)cc1. The van der Waals surface area contributed by atoms with E-state index in [2.05, 4.69) is 10.3 Å². The molecule has 1 aromatic heterocycles. The molecular formula is C32H29N3O6S. The van der Waals surface area contributed by atoms with Crippen LogP contribution in [0.1, 0.15) is 31.0 Å². The highest BCUT2D eigenvalue weighted by atomic mass is 32.1. The van der Waals surface area contributed by atoms with E-state index in [4.69, 9.17) is 14.2 Å². The van der Waals surface area contributed by atoms with Crippen molar-refractivity contribution in [3.05, 3.63) is 121 Å². The molecule has 1 atom stereocenters. The number of rotatable bonds is 9. The van der Waals surface area contributed by atoms with Crippen LogP contribution in [0.25, 0.3) is 6.08 Å². The number of benzene rings is 3. The Morgan fingerprint density at radius 1 is 1.00 bits per heavy atom. The van der Waals surface area contributed by atoms with Crippen molar-refractivity contribution in [2.75, 3.05) is 25.6 Å². The van der Waals surface area contributed by atoms with Gasteiger partial charge in [0, 0.05) is 5.69 Å². The maximum atomic E-state index is 13.9. The molecule has 2 heterocycles. The Hall–Kier alpha value is -4.96. The van der Waals surface area contributed by atoms with E-state index in [1.807, 2.05) is 30.3 Å². The Bertz CT molecular complexity index is 1810. The monoisotopic (exact) mass is 583 g/mol. The topological polar surface area (TPSA) is 108 Å². The maximum Gasteiger partial charge on any atom is 0.344 e. The minimum Gasteiger partial charge on any atom is -0.497 e. The van der Waals surface area contributed by atoms with E-state index in [-0.39, 0.29) is 24.7 Å². The molecule has 0 aliphatic carbocycles. The van der Waals surface area contributed by atoms with Gasteiger partial charge in [-0.15, -0.1) is 0 Å². The summed E-state index contributed by atoms with van der Waals surface area (Å²) in [5.74, 6) is 0.389. The second-order valence-corrected chi connectivity index (χ2v) is 10.3. The normalized spacial score (nSPS) is 14.5. The summed E-state index contributed by atoms with van der Waals surface area (Å²) in [6.07, 6.45) is 1.77. The minimum absolute atomic E-state index is 0.184. The molecule has 0 radical (unpaired) electrons. The van der Waals surface area contributed by atoms with Crippen molar-refractivity contribution in [1.29, 1.82) is 0 Å². The van der Waals surface area contributed by atoms with Crippen molar-refractivity contribution in [3.8, 4) is 11.5 Å². The van der Waals surface area contributed by atoms with Gasteiger partial charge in [-0.25, -0.2) is 9.79 Å². The molecular weight excluding hydrogens is 554 g/mol. The molecule has 214 valence electrons. The number of carbonyl (C=O) groups is 2. The van der Waals surface area contributed by atoms with Crippen molar-refractivity contribution >= 4 is 35.0 Å². The lowest BCUT2D eigenvalue weighted by Gasteiger charge is -2.25. The van der Waals surface area contributed by atoms with Crippen molar-refractivity contribution in [2.45, 2.75) is 19.9 Å². The number of hydrogen-bond donors (Lipinski definition) is 1. The number of allylic oxidation sites excluding steroid dienone is 1. The number of nitrogens with one attached hydrogen (secondary N) is 1. The number of hydrogen-bond acceptors (Lipinski definition) is 8. The first-order valence-corrected chi connectivity index (χ1v) is 14.1. The molecule has 4 aromatic rings. The molecule has 0 saturated carbocycles. The highest BCUT2D eigenvalue weighted by Gasteiger charge is 2.32. The Morgan fingerprint density at radius 2 is 1.69 bits per heavy atom. The Labute approximate surface area is 246 Å². The van der Waals surface area contributed by atoms with Gasteiger partial charge in [0.05, 0.1) is 35.6 Å². The fraction of sp³-hybridized carbons (Fsp3) is 0.188. The van der Waals surface area contributed by atoms with E-state index in [0.717, 1.165) is 11.1 Å². The van der Waals surface area contributed by atoms with Crippen LogP contribution in [-0.2, 0) is 14.3 Å². The largest absolute Gasteiger partial charge is 0.497 e. The van der Waals surface area contributed by atoms with E-state index < -0.39 is 12.0 Å². The van der Waals surface area contributed by atoms with E-state index in [9.17, 15) is 14.4 Å². The molecule has 0 unspecified atom stereocenters. The summed E-state index contributed by atoms with van der Waals surface area (Å²) < 4.78 is 17.7. The highest BCUT2D eigenvalue weighted by molar-refractivity contribution is 7.07. The van der Waals surface area contributed by atoms with Crippen LogP contribution in [0.15, 0.2) is 99.9 Å². The number of anilines is 1. The van der Waals surface area contributed by atoms with Gasteiger partial charge < -0.3 is 19.5 Å². The summed E-state index contributed by atoms with van der Waals surface area (Å²) >= 11 is 1.25. The quantitative estimate of drug-likeness (QED) is 0.300. The first-order chi connectivity index (χ1) is 20.4. The van der Waals surface area contributed by atoms with Crippen molar-refractivity contribution in [2.24, 2.45) is 4.99 Å². The average molecular weight is 584 g/mol. The Morgan fingerprint density at radius 3 is 2.36 bits per heavy atom. The number of ether oxygens (including phenoxy) is 3. The van der Waals surface area contributed by atoms with Crippen LogP contribution in [0.5, 0.6) is 11.5 Å². The maximum absolute atomic E-state index is 13.9. The third-order valence-electron chi connectivity index (χ3n) is 6.57. The second-order valence-electron chi connectivity index (χ2n) is 9.34. The molecule has 1 N–H and O–H groups in total. The van der Waals surface area contributed by atoms with E-state index >= 15 is 0 Å². The van der Waals surface area contributed by atoms with Gasteiger partial charge in [0.2, 0.25) is 0 Å². The number of methoxy groups -OCH3 is 1. The fourth-order valence-electron chi connectivity index (χ4n) is 4.59.